The van der Waals surface area contributed by atoms with Crippen molar-refractivity contribution in [2.75, 3.05) is 13.1 Å². The number of amides is 4. The quantitative estimate of drug-likeness (QED) is 0.376. The van der Waals surface area contributed by atoms with Gasteiger partial charge in [0.15, 0.2) is 5.78 Å². The summed E-state index contributed by atoms with van der Waals surface area (Å²) in [5.74, 6) is -2.14. The fourth-order valence-electron chi connectivity index (χ4n) is 3.74. The van der Waals surface area contributed by atoms with Crippen molar-refractivity contribution < 1.29 is 19.2 Å². The van der Waals surface area contributed by atoms with Gasteiger partial charge in [0.25, 0.3) is 0 Å². The second-order valence-electron chi connectivity index (χ2n) is 7.11. The van der Waals surface area contributed by atoms with E-state index in [1.807, 2.05) is 37.3 Å². The molecule has 1 saturated heterocycles. The Labute approximate surface area is 162 Å². The van der Waals surface area contributed by atoms with E-state index in [0.29, 0.717) is 12.0 Å². The predicted molar refractivity (Wildman–Crippen MR) is 103 cm³/mol. The minimum atomic E-state index is -0.930. The first-order valence-electron chi connectivity index (χ1n) is 9.43. The van der Waals surface area contributed by atoms with Gasteiger partial charge in [0.2, 0.25) is 0 Å². The zero-order chi connectivity index (χ0) is 19.8. The number of carbonyl (C=O) groups is 4. The molecule has 142 valence electrons. The summed E-state index contributed by atoms with van der Waals surface area (Å²) in [5.41, 5.74) is 4.88. The van der Waals surface area contributed by atoms with E-state index >= 15 is 0 Å². The lowest BCUT2D eigenvalue weighted by Crippen LogP contribution is -2.37. The number of fused-ring (bicyclic) bond motifs is 3. The van der Waals surface area contributed by atoms with Gasteiger partial charge in [0.05, 0.1) is 6.54 Å². The monoisotopic (exact) mass is 376 g/mol. The van der Waals surface area contributed by atoms with Gasteiger partial charge >= 0.3 is 17.8 Å². The van der Waals surface area contributed by atoms with Gasteiger partial charge in [0, 0.05) is 12.1 Å². The van der Waals surface area contributed by atoms with Crippen LogP contribution in [0.2, 0.25) is 0 Å². The second-order valence-corrected chi connectivity index (χ2v) is 7.11. The molecule has 1 heterocycles. The maximum atomic E-state index is 12.8. The number of ketones is 1. The van der Waals surface area contributed by atoms with E-state index in [9.17, 15) is 19.2 Å². The molecule has 0 bridgehead atoms. The highest BCUT2D eigenvalue weighted by Crippen LogP contribution is 2.36. The molecule has 0 unspecified atom stereocenters. The summed E-state index contributed by atoms with van der Waals surface area (Å²) in [5, 5.41) is 0. The van der Waals surface area contributed by atoms with Gasteiger partial charge in [-0.15, -0.1) is 0 Å². The molecule has 6 heteroatoms. The number of rotatable bonds is 6. The first kappa shape index (κ1) is 18.1. The summed E-state index contributed by atoms with van der Waals surface area (Å²) in [6.45, 7) is 1.70. The summed E-state index contributed by atoms with van der Waals surface area (Å²) in [6, 6.07) is 12.8. The standard InChI is InChI=1S/C22H20N2O4/c1-2-3-10-23-20(26)21(27)24(22(23)28)13-19(25)16-9-8-15-11-14-6-4-5-7-17(14)18(15)12-16/h4-9,12H,2-3,10-11,13H2,1H3. The third-order valence-electron chi connectivity index (χ3n) is 5.29. The zero-order valence-corrected chi connectivity index (χ0v) is 15.6. The van der Waals surface area contributed by atoms with Crippen LogP contribution in [0, 0.1) is 0 Å². The SMILES string of the molecule is CCCCN1C(=O)C(=O)N(CC(=O)c2ccc3c(c2)-c2ccccc2C3)C1=O. The molecule has 1 aliphatic heterocycles. The fourth-order valence-corrected chi connectivity index (χ4v) is 3.74. The fraction of sp³-hybridized carbons (Fsp3) is 0.273. The number of nitrogens with zero attached hydrogens (tertiary/aromatic N) is 2. The molecule has 0 spiro atoms. The molecule has 28 heavy (non-hydrogen) atoms. The number of urea groups is 1. The molecular formula is C22H20N2O4. The minimum absolute atomic E-state index is 0.195. The Kier molecular flexibility index (Phi) is 4.55. The van der Waals surface area contributed by atoms with Crippen molar-refractivity contribution in [3.8, 4) is 11.1 Å². The number of hydrogen-bond donors (Lipinski definition) is 0. The third-order valence-corrected chi connectivity index (χ3v) is 5.29. The molecule has 2 aliphatic rings. The van der Waals surface area contributed by atoms with Crippen molar-refractivity contribution in [2.24, 2.45) is 0 Å². The largest absolute Gasteiger partial charge is 0.334 e. The van der Waals surface area contributed by atoms with Crippen LogP contribution in [0.4, 0.5) is 4.79 Å². The van der Waals surface area contributed by atoms with E-state index in [0.717, 1.165) is 39.3 Å². The van der Waals surface area contributed by atoms with Gasteiger partial charge in [-0.3, -0.25) is 19.3 Å². The Balaban J connectivity index is 1.55. The van der Waals surface area contributed by atoms with Gasteiger partial charge in [-0.1, -0.05) is 49.7 Å². The van der Waals surface area contributed by atoms with E-state index in [1.54, 1.807) is 6.07 Å². The predicted octanol–water partition coefficient (Wildman–Crippen LogP) is 3.03. The Morgan fingerprint density at radius 1 is 0.929 bits per heavy atom. The molecule has 2 aromatic rings. The minimum Gasteiger partial charge on any atom is -0.292 e. The summed E-state index contributed by atoms with van der Waals surface area (Å²) in [7, 11) is 0. The van der Waals surface area contributed by atoms with Crippen molar-refractivity contribution in [1.82, 2.24) is 9.80 Å². The average Bonchev–Trinajstić information content (AvgIpc) is 3.17. The average molecular weight is 376 g/mol. The molecule has 0 aromatic heterocycles. The van der Waals surface area contributed by atoms with Crippen LogP contribution in [-0.4, -0.2) is 46.5 Å². The van der Waals surface area contributed by atoms with Crippen molar-refractivity contribution in [3.63, 3.8) is 0 Å². The second kappa shape index (κ2) is 7.03. The van der Waals surface area contributed by atoms with Crippen molar-refractivity contribution in [3.05, 3.63) is 59.2 Å². The number of hydrogen-bond acceptors (Lipinski definition) is 4. The summed E-state index contributed by atoms with van der Waals surface area (Å²) < 4.78 is 0. The molecule has 4 rings (SSSR count). The molecule has 0 atom stereocenters. The van der Waals surface area contributed by atoms with Crippen LogP contribution in [0.1, 0.15) is 41.3 Å². The molecule has 0 saturated carbocycles. The Hall–Kier alpha value is -3.28. The molecule has 1 aliphatic carbocycles. The summed E-state index contributed by atoms with van der Waals surface area (Å²) in [6.07, 6.45) is 2.24. The topological polar surface area (TPSA) is 74.8 Å². The molecule has 4 amide bonds. The van der Waals surface area contributed by atoms with Gasteiger partial charge < -0.3 is 0 Å². The van der Waals surface area contributed by atoms with Crippen molar-refractivity contribution in [1.29, 1.82) is 0 Å². The number of benzene rings is 2. The van der Waals surface area contributed by atoms with Gasteiger partial charge in [-0.2, -0.15) is 0 Å². The van der Waals surface area contributed by atoms with Gasteiger partial charge in [0.1, 0.15) is 0 Å². The number of carbonyl (C=O) groups excluding carboxylic acids is 4. The molecule has 6 nitrogen and oxygen atoms in total. The maximum Gasteiger partial charge on any atom is 0.334 e. The lowest BCUT2D eigenvalue weighted by atomic mass is 10.0. The van der Waals surface area contributed by atoms with Crippen LogP contribution in [0.15, 0.2) is 42.5 Å². The van der Waals surface area contributed by atoms with Crippen molar-refractivity contribution >= 4 is 23.6 Å². The van der Waals surface area contributed by atoms with E-state index < -0.39 is 24.4 Å². The van der Waals surface area contributed by atoms with Gasteiger partial charge in [-0.25, -0.2) is 9.69 Å². The third kappa shape index (κ3) is 2.91. The van der Waals surface area contributed by atoms with E-state index in [2.05, 4.69) is 6.07 Å². The highest BCUT2D eigenvalue weighted by Gasteiger charge is 2.44. The van der Waals surface area contributed by atoms with Crippen LogP contribution in [0.3, 0.4) is 0 Å². The molecule has 0 N–H and O–H groups in total. The van der Waals surface area contributed by atoms with Crippen molar-refractivity contribution in [2.45, 2.75) is 26.2 Å². The number of imide groups is 2. The number of Topliss-reactive ketones (excluding diaryl/α,β-unsaturated/α-hetero) is 1. The van der Waals surface area contributed by atoms with Crippen LogP contribution in [-0.2, 0) is 16.0 Å². The highest BCUT2D eigenvalue weighted by molar-refractivity contribution is 6.45. The summed E-state index contributed by atoms with van der Waals surface area (Å²) >= 11 is 0. The Morgan fingerprint density at radius 3 is 2.43 bits per heavy atom. The molecule has 2 aromatic carbocycles. The van der Waals surface area contributed by atoms with Gasteiger partial charge in [-0.05, 0) is 41.2 Å². The van der Waals surface area contributed by atoms with Crippen LogP contribution in [0.25, 0.3) is 11.1 Å². The first-order chi connectivity index (χ1) is 13.5. The summed E-state index contributed by atoms with van der Waals surface area (Å²) in [4.78, 5) is 51.1. The maximum absolute atomic E-state index is 12.8. The lowest BCUT2D eigenvalue weighted by molar-refractivity contribution is -0.143. The Morgan fingerprint density at radius 2 is 1.64 bits per heavy atom. The zero-order valence-electron chi connectivity index (χ0n) is 15.6. The van der Waals surface area contributed by atoms with Crippen LogP contribution < -0.4 is 0 Å². The van der Waals surface area contributed by atoms with E-state index in [4.69, 9.17) is 0 Å². The van der Waals surface area contributed by atoms with E-state index in [1.165, 1.54) is 5.56 Å². The van der Waals surface area contributed by atoms with Crippen LogP contribution in [0.5, 0.6) is 0 Å². The number of unbranched alkanes of at least 4 members (excludes halogenated alkanes) is 1. The normalized spacial score (nSPS) is 15.2. The Bertz CT molecular complexity index is 1010. The highest BCUT2D eigenvalue weighted by atomic mass is 16.2. The van der Waals surface area contributed by atoms with Crippen LogP contribution >= 0.6 is 0 Å². The molecular weight excluding hydrogens is 356 g/mol. The smallest absolute Gasteiger partial charge is 0.292 e. The lowest BCUT2D eigenvalue weighted by Gasteiger charge is -2.15. The first-order valence-corrected chi connectivity index (χ1v) is 9.43. The molecule has 1 fully saturated rings. The molecule has 0 radical (unpaired) electrons. The van der Waals surface area contributed by atoms with E-state index in [-0.39, 0.29) is 12.3 Å².